The van der Waals surface area contributed by atoms with E-state index in [4.69, 9.17) is 11.6 Å². The summed E-state index contributed by atoms with van der Waals surface area (Å²) in [5.74, 6) is -0.331. The van der Waals surface area contributed by atoms with Crippen molar-refractivity contribution in [3.8, 4) is 0 Å². The lowest BCUT2D eigenvalue weighted by molar-refractivity contribution is 0.628. The fourth-order valence-electron chi connectivity index (χ4n) is 0.736. The average molecular weight is 314 g/mol. The van der Waals surface area contributed by atoms with Crippen LogP contribution in [0.3, 0.4) is 0 Å². The molecule has 0 aliphatic carbocycles. The first-order chi connectivity index (χ1) is 5.59. The molecule has 0 nitrogen and oxygen atoms in total. The second-order valence-electron chi connectivity index (χ2n) is 2.10. The molecular formula is C8H4Br2ClF. The van der Waals surface area contributed by atoms with Gasteiger partial charge in [0.2, 0.25) is 0 Å². The Morgan fingerprint density at radius 1 is 1.42 bits per heavy atom. The van der Waals surface area contributed by atoms with Crippen molar-refractivity contribution in [1.82, 2.24) is 0 Å². The molecule has 0 N–H and O–H groups in total. The Balaban J connectivity index is 3.10. The van der Waals surface area contributed by atoms with Gasteiger partial charge in [-0.25, -0.2) is 4.39 Å². The lowest BCUT2D eigenvalue weighted by atomic mass is 10.2. The smallest absolute Gasteiger partial charge is 0.124 e. The molecule has 0 heterocycles. The number of hydrogen-bond acceptors (Lipinski definition) is 0. The third kappa shape index (κ3) is 2.88. The molecule has 64 valence electrons. The number of rotatable bonds is 1. The fraction of sp³-hybridized carbons (Fsp3) is 0. The lowest BCUT2D eigenvalue weighted by Gasteiger charge is -1.97. The maximum absolute atomic E-state index is 12.6. The largest absolute Gasteiger partial charge is 0.207 e. The average Bonchev–Trinajstić information content (AvgIpc) is 1.94. The molecule has 0 atom stereocenters. The molecule has 1 rings (SSSR count). The van der Waals surface area contributed by atoms with E-state index in [-0.39, 0.29) is 5.82 Å². The highest BCUT2D eigenvalue weighted by Gasteiger charge is 1.98. The van der Waals surface area contributed by atoms with E-state index in [1.54, 1.807) is 12.1 Å². The van der Waals surface area contributed by atoms with Crippen molar-refractivity contribution in [2.24, 2.45) is 0 Å². The van der Waals surface area contributed by atoms with Gasteiger partial charge in [-0.05, 0) is 55.6 Å². The second kappa shape index (κ2) is 4.40. The van der Waals surface area contributed by atoms with Gasteiger partial charge < -0.3 is 0 Å². The van der Waals surface area contributed by atoms with E-state index in [0.717, 1.165) is 8.96 Å². The van der Waals surface area contributed by atoms with Crippen molar-refractivity contribution >= 4 is 49.5 Å². The van der Waals surface area contributed by atoms with Crippen LogP contribution in [0.4, 0.5) is 4.39 Å². The van der Waals surface area contributed by atoms with Crippen LogP contribution in [-0.4, -0.2) is 0 Å². The molecule has 12 heavy (non-hydrogen) atoms. The van der Waals surface area contributed by atoms with E-state index in [9.17, 15) is 4.39 Å². The standard InChI is InChI=1S/C8H4Br2ClF/c9-8(10)3-5-1-2-6(12)4-7(5)11/h1-4H. The molecule has 0 unspecified atom stereocenters. The van der Waals surface area contributed by atoms with Crippen LogP contribution in [0.15, 0.2) is 21.6 Å². The number of hydrogen-bond donors (Lipinski definition) is 0. The Kier molecular flexibility index (Phi) is 3.75. The predicted molar refractivity (Wildman–Crippen MR) is 57.2 cm³/mol. The van der Waals surface area contributed by atoms with Gasteiger partial charge in [0.15, 0.2) is 0 Å². The summed E-state index contributed by atoms with van der Waals surface area (Å²) in [7, 11) is 0. The summed E-state index contributed by atoms with van der Waals surface area (Å²) in [6.45, 7) is 0. The molecular weight excluding hydrogens is 310 g/mol. The van der Waals surface area contributed by atoms with Crippen molar-refractivity contribution in [2.75, 3.05) is 0 Å². The van der Waals surface area contributed by atoms with E-state index in [2.05, 4.69) is 31.9 Å². The van der Waals surface area contributed by atoms with Crippen molar-refractivity contribution in [2.45, 2.75) is 0 Å². The van der Waals surface area contributed by atoms with Gasteiger partial charge in [0.05, 0.1) is 8.41 Å². The van der Waals surface area contributed by atoms with Crippen LogP contribution in [0.25, 0.3) is 6.08 Å². The summed E-state index contributed by atoms with van der Waals surface area (Å²) < 4.78 is 13.3. The zero-order valence-corrected chi connectivity index (χ0v) is 9.75. The first kappa shape index (κ1) is 10.2. The Labute approximate surface area is 91.7 Å². The van der Waals surface area contributed by atoms with Crippen LogP contribution >= 0.6 is 43.5 Å². The van der Waals surface area contributed by atoms with E-state index in [1.165, 1.54) is 12.1 Å². The summed E-state index contributed by atoms with van der Waals surface area (Å²) in [6.07, 6.45) is 1.75. The van der Waals surface area contributed by atoms with Gasteiger partial charge in [0.1, 0.15) is 5.82 Å². The highest BCUT2D eigenvalue weighted by molar-refractivity contribution is 9.28. The minimum absolute atomic E-state index is 0.331. The maximum atomic E-state index is 12.6. The van der Waals surface area contributed by atoms with E-state index >= 15 is 0 Å². The van der Waals surface area contributed by atoms with Crippen LogP contribution < -0.4 is 0 Å². The molecule has 0 saturated heterocycles. The SMILES string of the molecule is Fc1ccc(C=C(Br)Br)c(Cl)c1. The Morgan fingerprint density at radius 3 is 2.58 bits per heavy atom. The highest BCUT2D eigenvalue weighted by atomic mass is 79.9. The van der Waals surface area contributed by atoms with Crippen LogP contribution in [-0.2, 0) is 0 Å². The molecule has 4 heteroatoms. The molecule has 1 aromatic rings. The van der Waals surface area contributed by atoms with Gasteiger partial charge in [-0.2, -0.15) is 0 Å². The quantitative estimate of drug-likeness (QED) is 0.712. The molecule has 1 aromatic carbocycles. The molecule has 0 radical (unpaired) electrons. The molecule has 0 aliphatic heterocycles. The Bertz CT molecular complexity index is 319. The first-order valence-electron chi connectivity index (χ1n) is 3.07. The Hall–Kier alpha value is 0.140. The van der Waals surface area contributed by atoms with Gasteiger partial charge in [-0.1, -0.05) is 17.7 Å². The minimum atomic E-state index is -0.331. The monoisotopic (exact) mass is 312 g/mol. The summed E-state index contributed by atoms with van der Waals surface area (Å²) in [5, 5.41) is 0.395. The molecule has 0 spiro atoms. The summed E-state index contributed by atoms with van der Waals surface area (Å²) >= 11 is 12.1. The van der Waals surface area contributed by atoms with Gasteiger partial charge in [0.25, 0.3) is 0 Å². The topological polar surface area (TPSA) is 0 Å². The number of halogens is 4. The summed E-state index contributed by atoms with van der Waals surface area (Å²) in [5.41, 5.74) is 0.766. The molecule has 0 bridgehead atoms. The van der Waals surface area contributed by atoms with Crippen molar-refractivity contribution < 1.29 is 4.39 Å². The van der Waals surface area contributed by atoms with Gasteiger partial charge in [-0.15, -0.1) is 0 Å². The molecule has 0 aromatic heterocycles. The van der Waals surface area contributed by atoms with E-state index in [1.807, 2.05) is 0 Å². The zero-order valence-electron chi connectivity index (χ0n) is 5.82. The summed E-state index contributed by atoms with van der Waals surface area (Å²) in [6, 6.07) is 4.25. The molecule has 0 amide bonds. The molecule has 0 aliphatic rings. The minimum Gasteiger partial charge on any atom is -0.207 e. The van der Waals surface area contributed by atoms with E-state index in [0.29, 0.717) is 5.02 Å². The highest BCUT2D eigenvalue weighted by Crippen LogP contribution is 2.24. The zero-order chi connectivity index (χ0) is 9.14. The second-order valence-corrected chi connectivity index (χ2v) is 5.28. The van der Waals surface area contributed by atoms with Crippen LogP contribution in [0, 0.1) is 5.82 Å². The van der Waals surface area contributed by atoms with Gasteiger partial charge >= 0.3 is 0 Å². The first-order valence-corrected chi connectivity index (χ1v) is 5.04. The third-order valence-electron chi connectivity index (χ3n) is 1.23. The van der Waals surface area contributed by atoms with Gasteiger partial charge in [0, 0.05) is 0 Å². The fourth-order valence-corrected chi connectivity index (χ4v) is 1.45. The van der Waals surface area contributed by atoms with Crippen molar-refractivity contribution in [3.63, 3.8) is 0 Å². The maximum Gasteiger partial charge on any atom is 0.124 e. The van der Waals surface area contributed by atoms with Crippen LogP contribution in [0.1, 0.15) is 5.56 Å². The Morgan fingerprint density at radius 2 is 2.08 bits per heavy atom. The summed E-state index contributed by atoms with van der Waals surface area (Å²) in [4.78, 5) is 0. The molecule has 0 saturated carbocycles. The lowest BCUT2D eigenvalue weighted by Crippen LogP contribution is -1.77. The normalized spacial score (nSPS) is 9.67. The van der Waals surface area contributed by atoms with Crippen molar-refractivity contribution in [1.29, 1.82) is 0 Å². The molecule has 0 fully saturated rings. The third-order valence-corrected chi connectivity index (χ3v) is 2.01. The number of benzene rings is 1. The van der Waals surface area contributed by atoms with E-state index < -0.39 is 0 Å². The van der Waals surface area contributed by atoms with Crippen molar-refractivity contribution in [3.05, 3.63) is 38.0 Å². The predicted octanol–water partition coefficient (Wildman–Crippen LogP) is 4.57. The van der Waals surface area contributed by atoms with Crippen LogP contribution in [0.2, 0.25) is 5.02 Å². The van der Waals surface area contributed by atoms with Gasteiger partial charge in [-0.3, -0.25) is 0 Å². The van der Waals surface area contributed by atoms with Crippen LogP contribution in [0.5, 0.6) is 0 Å².